The monoisotopic (exact) mass is 382 g/mol. The second kappa shape index (κ2) is 7.22. The van der Waals surface area contributed by atoms with Crippen LogP contribution in [0.1, 0.15) is 6.92 Å². The molecule has 0 radical (unpaired) electrons. The zero-order chi connectivity index (χ0) is 19.5. The van der Waals surface area contributed by atoms with Crippen LogP contribution in [0.3, 0.4) is 0 Å². The Bertz CT molecular complexity index is 770. The van der Waals surface area contributed by atoms with Crippen LogP contribution >= 0.6 is 0 Å². The molecule has 26 heavy (non-hydrogen) atoms. The number of aromatic hydroxyl groups is 1. The number of phenolic OH excluding ortho intramolecular Hbond substituents is 1. The molecular weight excluding hydrogens is 370 g/mol. The van der Waals surface area contributed by atoms with Gasteiger partial charge in [0.2, 0.25) is 0 Å². The largest absolute Gasteiger partial charge is 0.573 e. The number of halogens is 6. The fourth-order valence-electron chi connectivity index (χ4n) is 2.13. The van der Waals surface area contributed by atoms with Crippen molar-refractivity contribution in [2.24, 2.45) is 0 Å². The zero-order valence-corrected chi connectivity index (χ0v) is 13.1. The van der Waals surface area contributed by atoms with Crippen LogP contribution in [0.4, 0.5) is 26.3 Å². The number of ether oxygens (including phenoxy) is 3. The molecular formula is C16H12F6O4. The summed E-state index contributed by atoms with van der Waals surface area (Å²) in [6.45, 7) is 1.74. The quantitative estimate of drug-likeness (QED) is 0.717. The van der Waals surface area contributed by atoms with Crippen LogP contribution in [0.15, 0.2) is 36.4 Å². The van der Waals surface area contributed by atoms with Crippen molar-refractivity contribution in [3.05, 3.63) is 36.4 Å². The Kier molecular flexibility index (Phi) is 5.43. The van der Waals surface area contributed by atoms with E-state index in [1.807, 2.05) is 0 Å². The van der Waals surface area contributed by atoms with E-state index in [1.54, 1.807) is 6.92 Å². The summed E-state index contributed by atoms with van der Waals surface area (Å²) in [7, 11) is 0. The van der Waals surface area contributed by atoms with Crippen molar-refractivity contribution in [1.29, 1.82) is 0 Å². The first kappa shape index (κ1) is 19.5. The van der Waals surface area contributed by atoms with Crippen molar-refractivity contribution in [3.63, 3.8) is 0 Å². The Hall–Kier alpha value is -2.78. The maximum absolute atomic E-state index is 12.4. The molecule has 0 heterocycles. The van der Waals surface area contributed by atoms with Gasteiger partial charge in [-0.15, -0.1) is 26.3 Å². The van der Waals surface area contributed by atoms with Gasteiger partial charge in [0.1, 0.15) is 23.0 Å². The first-order chi connectivity index (χ1) is 12.0. The van der Waals surface area contributed by atoms with Crippen LogP contribution in [0, 0.1) is 0 Å². The Balaban J connectivity index is 2.53. The minimum absolute atomic E-state index is 0.0430. The van der Waals surface area contributed by atoms with Crippen LogP contribution in [0.5, 0.6) is 23.0 Å². The predicted molar refractivity (Wildman–Crippen MR) is 78.1 cm³/mol. The summed E-state index contributed by atoms with van der Waals surface area (Å²) < 4.78 is 87.2. The summed E-state index contributed by atoms with van der Waals surface area (Å²) in [4.78, 5) is 0. The SMILES string of the molecule is CCOc1ccc(OC(F)(F)F)cc1-c1cc(OC(F)(F)F)ccc1O. The summed E-state index contributed by atoms with van der Waals surface area (Å²) in [5.74, 6) is -1.72. The minimum atomic E-state index is -4.97. The normalized spacial score (nSPS) is 12.0. The van der Waals surface area contributed by atoms with Gasteiger partial charge >= 0.3 is 12.7 Å². The van der Waals surface area contributed by atoms with Gasteiger partial charge in [-0.3, -0.25) is 0 Å². The summed E-state index contributed by atoms with van der Waals surface area (Å²) in [6.07, 6.45) is -9.94. The van der Waals surface area contributed by atoms with Gasteiger partial charge in [-0.2, -0.15) is 0 Å². The van der Waals surface area contributed by atoms with E-state index in [0.717, 1.165) is 36.4 Å². The van der Waals surface area contributed by atoms with Gasteiger partial charge in [0.05, 0.1) is 6.61 Å². The number of phenols is 1. The highest BCUT2D eigenvalue weighted by molar-refractivity contribution is 5.78. The van der Waals surface area contributed by atoms with Gasteiger partial charge < -0.3 is 19.3 Å². The Morgan fingerprint density at radius 2 is 1.31 bits per heavy atom. The number of rotatable bonds is 5. The third-order valence-electron chi connectivity index (χ3n) is 2.98. The van der Waals surface area contributed by atoms with Crippen LogP contribution in [0.25, 0.3) is 11.1 Å². The first-order valence-corrected chi connectivity index (χ1v) is 7.10. The molecule has 0 spiro atoms. The number of benzene rings is 2. The van der Waals surface area contributed by atoms with Crippen LogP contribution < -0.4 is 14.2 Å². The molecule has 10 heteroatoms. The Labute approximate surface area is 143 Å². The van der Waals surface area contributed by atoms with Crippen LogP contribution in [0.2, 0.25) is 0 Å². The molecule has 0 saturated heterocycles. The molecule has 1 N–H and O–H groups in total. The third kappa shape index (κ3) is 5.36. The summed E-state index contributed by atoms with van der Waals surface area (Å²) in [5, 5.41) is 9.95. The lowest BCUT2D eigenvalue weighted by atomic mass is 10.0. The van der Waals surface area contributed by atoms with Crippen molar-refractivity contribution in [3.8, 4) is 34.1 Å². The average molecular weight is 382 g/mol. The molecule has 0 unspecified atom stereocenters. The predicted octanol–water partition coefficient (Wildman–Crippen LogP) is 5.26. The van der Waals surface area contributed by atoms with Gasteiger partial charge in [0, 0.05) is 11.1 Å². The number of hydrogen-bond donors (Lipinski definition) is 1. The molecule has 4 nitrogen and oxygen atoms in total. The fraction of sp³-hybridized carbons (Fsp3) is 0.250. The van der Waals surface area contributed by atoms with Crippen LogP contribution in [-0.2, 0) is 0 Å². The molecule has 0 fully saturated rings. The first-order valence-electron chi connectivity index (χ1n) is 7.10. The minimum Gasteiger partial charge on any atom is -0.507 e. The molecule has 0 bridgehead atoms. The molecule has 0 aliphatic carbocycles. The van der Waals surface area contributed by atoms with Gasteiger partial charge in [-0.1, -0.05) is 0 Å². The second-order valence-corrected chi connectivity index (χ2v) is 4.87. The molecule has 0 aliphatic rings. The van der Waals surface area contributed by atoms with E-state index in [2.05, 4.69) is 9.47 Å². The lowest BCUT2D eigenvalue weighted by Gasteiger charge is -2.16. The smallest absolute Gasteiger partial charge is 0.507 e. The molecule has 0 aliphatic heterocycles. The fourth-order valence-corrected chi connectivity index (χ4v) is 2.13. The summed E-state index contributed by atoms with van der Waals surface area (Å²) in [6, 6.07) is 5.64. The molecule has 2 rings (SSSR count). The maximum atomic E-state index is 12.4. The van der Waals surface area contributed by atoms with E-state index in [-0.39, 0.29) is 23.5 Å². The summed E-state index contributed by atoms with van der Waals surface area (Å²) >= 11 is 0. The van der Waals surface area contributed by atoms with Crippen molar-refractivity contribution >= 4 is 0 Å². The molecule has 142 valence electrons. The lowest BCUT2D eigenvalue weighted by molar-refractivity contribution is -0.275. The average Bonchev–Trinajstić information content (AvgIpc) is 2.48. The van der Waals surface area contributed by atoms with E-state index < -0.39 is 30.0 Å². The highest BCUT2D eigenvalue weighted by Gasteiger charge is 2.32. The van der Waals surface area contributed by atoms with E-state index in [9.17, 15) is 31.4 Å². The maximum Gasteiger partial charge on any atom is 0.573 e. The molecule has 2 aromatic carbocycles. The Morgan fingerprint density at radius 3 is 1.81 bits per heavy atom. The molecule has 0 aromatic heterocycles. The van der Waals surface area contributed by atoms with Gasteiger partial charge in [-0.05, 0) is 43.3 Å². The van der Waals surface area contributed by atoms with Gasteiger partial charge in [-0.25, -0.2) is 0 Å². The highest BCUT2D eigenvalue weighted by atomic mass is 19.4. The van der Waals surface area contributed by atoms with Crippen molar-refractivity contribution in [1.82, 2.24) is 0 Å². The molecule has 0 atom stereocenters. The molecule has 2 aromatic rings. The standard InChI is InChI=1S/C16H12F6O4/c1-2-24-14-6-4-10(26-16(20,21)22)8-12(14)11-7-9(3-5-13(11)23)25-15(17,18)19/h3-8,23H,2H2,1H3. The van der Waals surface area contributed by atoms with Crippen molar-refractivity contribution in [2.45, 2.75) is 19.6 Å². The van der Waals surface area contributed by atoms with E-state index in [0.29, 0.717) is 0 Å². The number of hydrogen-bond acceptors (Lipinski definition) is 4. The molecule has 0 saturated carbocycles. The second-order valence-electron chi connectivity index (χ2n) is 4.87. The van der Waals surface area contributed by atoms with Crippen molar-refractivity contribution in [2.75, 3.05) is 6.61 Å². The van der Waals surface area contributed by atoms with Gasteiger partial charge in [0.15, 0.2) is 0 Å². The van der Waals surface area contributed by atoms with E-state index in [1.165, 1.54) is 0 Å². The van der Waals surface area contributed by atoms with Crippen molar-refractivity contribution < 1.29 is 45.7 Å². The Morgan fingerprint density at radius 1 is 0.808 bits per heavy atom. The zero-order valence-electron chi connectivity index (χ0n) is 13.1. The topological polar surface area (TPSA) is 47.9 Å². The highest BCUT2D eigenvalue weighted by Crippen LogP contribution is 2.41. The van der Waals surface area contributed by atoms with E-state index in [4.69, 9.17) is 4.74 Å². The lowest BCUT2D eigenvalue weighted by Crippen LogP contribution is -2.17. The van der Waals surface area contributed by atoms with Crippen LogP contribution in [-0.4, -0.2) is 24.4 Å². The van der Waals surface area contributed by atoms with E-state index >= 15 is 0 Å². The summed E-state index contributed by atoms with van der Waals surface area (Å²) in [5.41, 5.74) is -0.318. The third-order valence-corrected chi connectivity index (χ3v) is 2.98. The molecule has 0 amide bonds. The number of alkyl halides is 6. The van der Waals surface area contributed by atoms with Gasteiger partial charge in [0.25, 0.3) is 0 Å².